The maximum Gasteiger partial charge on any atom is 0.122 e. The standard InChI is InChI=1S/C15H18O3/c1-12-11-13(3-2-8-16)4-5-15(12)18-14-6-9-17-10-7-14/h4-5,11,14,16H,6-10H2,1H3. The SMILES string of the molecule is Cc1cc(C#CCO)ccc1OC1CCOCC1. The lowest BCUT2D eigenvalue weighted by atomic mass is 10.1. The second-order valence-electron chi connectivity index (χ2n) is 4.37. The van der Waals surface area contributed by atoms with Gasteiger partial charge in [-0.3, -0.25) is 0 Å². The van der Waals surface area contributed by atoms with Crippen LogP contribution in [0.5, 0.6) is 5.75 Å². The normalized spacial score (nSPS) is 15.9. The Morgan fingerprint density at radius 1 is 1.39 bits per heavy atom. The van der Waals surface area contributed by atoms with Crippen LogP contribution < -0.4 is 4.74 Å². The summed E-state index contributed by atoms with van der Waals surface area (Å²) in [7, 11) is 0. The van der Waals surface area contributed by atoms with Crippen molar-refractivity contribution in [2.24, 2.45) is 0 Å². The van der Waals surface area contributed by atoms with E-state index in [-0.39, 0.29) is 12.7 Å². The number of aliphatic hydroxyl groups excluding tert-OH is 1. The summed E-state index contributed by atoms with van der Waals surface area (Å²) in [6.45, 7) is 3.46. The summed E-state index contributed by atoms with van der Waals surface area (Å²) >= 11 is 0. The zero-order valence-corrected chi connectivity index (χ0v) is 10.6. The zero-order chi connectivity index (χ0) is 12.8. The molecule has 2 rings (SSSR count). The van der Waals surface area contributed by atoms with Gasteiger partial charge in [-0.15, -0.1) is 0 Å². The molecule has 1 aromatic rings. The lowest BCUT2D eigenvalue weighted by molar-refractivity contribution is 0.0253. The fourth-order valence-electron chi connectivity index (χ4n) is 1.97. The first-order chi connectivity index (χ1) is 8.79. The van der Waals surface area contributed by atoms with Crippen molar-refractivity contribution in [1.29, 1.82) is 0 Å². The monoisotopic (exact) mass is 246 g/mol. The number of hydrogen-bond acceptors (Lipinski definition) is 3. The van der Waals surface area contributed by atoms with Crippen molar-refractivity contribution < 1.29 is 14.6 Å². The molecule has 1 aliphatic heterocycles. The van der Waals surface area contributed by atoms with E-state index < -0.39 is 0 Å². The van der Waals surface area contributed by atoms with Crippen LogP contribution >= 0.6 is 0 Å². The van der Waals surface area contributed by atoms with Crippen LogP contribution in [-0.4, -0.2) is 31.0 Å². The van der Waals surface area contributed by atoms with Gasteiger partial charge in [-0.05, 0) is 30.7 Å². The maximum absolute atomic E-state index is 8.66. The number of hydrogen-bond donors (Lipinski definition) is 1. The minimum Gasteiger partial charge on any atom is -0.490 e. The third kappa shape index (κ3) is 3.49. The third-order valence-electron chi connectivity index (χ3n) is 2.95. The van der Waals surface area contributed by atoms with E-state index in [9.17, 15) is 0 Å². The van der Waals surface area contributed by atoms with Gasteiger partial charge in [0.2, 0.25) is 0 Å². The summed E-state index contributed by atoms with van der Waals surface area (Å²) in [5.41, 5.74) is 1.98. The van der Waals surface area contributed by atoms with Gasteiger partial charge in [-0.25, -0.2) is 0 Å². The molecule has 1 aromatic carbocycles. The summed E-state index contributed by atoms with van der Waals surface area (Å²) in [4.78, 5) is 0. The Bertz CT molecular complexity index is 451. The predicted octanol–water partition coefficient (Wildman–Crippen LogP) is 1.90. The summed E-state index contributed by atoms with van der Waals surface area (Å²) in [5, 5.41) is 8.66. The highest BCUT2D eigenvalue weighted by Gasteiger charge is 2.15. The second-order valence-corrected chi connectivity index (χ2v) is 4.37. The fraction of sp³-hybridized carbons (Fsp3) is 0.467. The zero-order valence-electron chi connectivity index (χ0n) is 10.6. The molecule has 96 valence electrons. The molecule has 0 atom stereocenters. The van der Waals surface area contributed by atoms with Crippen molar-refractivity contribution in [3.05, 3.63) is 29.3 Å². The molecule has 18 heavy (non-hydrogen) atoms. The van der Waals surface area contributed by atoms with E-state index in [4.69, 9.17) is 14.6 Å². The molecule has 0 aromatic heterocycles. The van der Waals surface area contributed by atoms with E-state index in [0.717, 1.165) is 42.9 Å². The molecule has 0 bridgehead atoms. The van der Waals surface area contributed by atoms with Gasteiger partial charge < -0.3 is 14.6 Å². The minimum absolute atomic E-state index is 0.112. The van der Waals surface area contributed by atoms with Gasteiger partial charge in [0, 0.05) is 18.4 Å². The summed E-state index contributed by atoms with van der Waals surface area (Å²) in [5.74, 6) is 6.44. The lowest BCUT2D eigenvalue weighted by Gasteiger charge is -2.24. The Kier molecular flexibility index (Phi) is 4.63. The van der Waals surface area contributed by atoms with Crippen LogP contribution in [0.1, 0.15) is 24.0 Å². The highest BCUT2D eigenvalue weighted by atomic mass is 16.5. The Balaban J connectivity index is 2.04. The highest BCUT2D eigenvalue weighted by Crippen LogP contribution is 2.23. The molecule has 3 nitrogen and oxygen atoms in total. The third-order valence-corrected chi connectivity index (χ3v) is 2.95. The molecule has 0 radical (unpaired) electrons. The Labute approximate surface area is 108 Å². The number of rotatable bonds is 2. The Morgan fingerprint density at radius 3 is 2.83 bits per heavy atom. The van der Waals surface area contributed by atoms with Gasteiger partial charge in [0.15, 0.2) is 0 Å². The maximum atomic E-state index is 8.66. The second kappa shape index (κ2) is 6.44. The first-order valence-corrected chi connectivity index (χ1v) is 6.24. The fourth-order valence-corrected chi connectivity index (χ4v) is 1.97. The first kappa shape index (κ1) is 12.9. The lowest BCUT2D eigenvalue weighted by Crippen LogP contribution is -2.26. The van der Waals surface area contributed by atoms with Crippen LogP contribution in [0.2, 0.25) is 0 Å². The van der Waals surface area contributed by atoms with Crippen molar-refractivity contribution in [3.8, 4) is 17.6 Å². The molecule has 1 heterocycles. The smallest absolute Gasteiger partial charge is 0.122 e. The summed E-state index contributed by atoms with van der Waals surface area (Å²) in [6.07, 6.45) is 2.16. The average molecular weight is 246 g/mol. The van der Waals surface area contributed by atoms with Crippen molar-refractivity contribution in [2.75, 3.05) is 19.8 Å². The molecule has 0 amide bonds. The molecular formula is C15H18O3. The molecule has 0 aliphatic carbocycles. The van der Waals surface area contributed by atoms with Crippen molar-refractivity contribution in [3.63, 3.8) is 0 Å². The van der Waals surface area contributed by atoms with E-state index in [0.29, 0.717) is 0 Å². The largest absolute Gasteiger partial charge is 0.490 e. The molecule has 3 heteroatoms. The number of aryl methyl sites for hydroxylation is 1. The van der Waals surface area contributed by atoms with Crippen LogP contribution in [0.4, 0.5) is 0 Å². The van der Waals surface area contributed by atoms with Crippen LogP contribution in [0, 0.1) is 18.8 Å². The Hall–Kier alpha value is -1.50. The molecule has 1 fully saturated rings. The quantitative estimate of drug-likeness (QED) is 0.810. The van der Waals surface area contributed by atoms with E-state index in [1.807, 2.05) is 25.1 Å². The minimum atomic E-state index is -0.112. The van der Waals surface area contributed by atoms with Crippen molar-refractivity contribution in [1.82, 2.24) is 0 Å². The van der Waals surface area contributed by atoms with Gasteiger partial charge in [-0.2, -0.15) is 0 Å². The van der Waals surface area contributed by atoms with Gasteiger partial charge in [0.05, 0.1) is 13.2 Å². The van der Waals surface area contributed by atoms with Gasteiger partial charge in [0.25, 0.3) is 0 Å². The van der Waals surface area contributed by atoms with E-state index >= 15 is 0 Å². The van der Waals surface area contributed by atoms with Crippen LogP contribution in [0.15, 0.2) is 18.2 Å². The number of aliphatic hydroxyl groups is 1. The molecule has 0 spiro atoms. The van der Waals surface area contributed by atoms with Gasteiger partial charge in [0.1, 0.15) is 18.5 Å². The number of ether oxygens (including phenoxy) is 2. The van der Waals surface area contributed by atoms with Gasteiger partial charge in [-0.1, -0.05) is 11.8 Å². The van der Waals surface area contributed by atoms with Gasteiger partial charge >= 0.3 is 0 Å². The van der Waals surface area contributed by atoms with E-state index in [1.165, 1.54) is 0 Å². The molecule has 0 saturated carbocycles. The molecular weight excluding hydrogens is 228 g/mol. The molecule has 1 N–H and O–H groups in total. The highest BCUT2D eigenvalue weighted by molar-refractivity contribution is 5.43. The van der Waals surface area contributed by atoms with E-state index in [1.54, 1.807) is 0 Å². The van der Waals surface area contributed by atoms with Crippen LogP contribution in [-0.2, 0) is 4.74 Å². The predicted molar refractivity (Wildman–Crippen MR) is 69.6 cm³/mol. The van der Waals surface area contributed by atoms with Crippen LogP contribution in [0.25, 0.3) is 0 Å². The first-order valence-electron chi connectivity index (χ1n) is 6.24. The summed E-state index contributed by atoms with van der Waals surface area (Å²) < 4.78 is 11.3. The van der Waals surface area contributed by atoms with E-state index in [2.05, 4.69) is 11.8 Å². The van der Waals surface area contributed by atoms with Crippen molar-refractivity contribution >= 4 is 0 Å². The van der Waals surface area contributed by atoms with Crippen LogP contribution in [0.3, 0.4) is 0 Å². The Morgan fingerprint density at radius 2 is 2.17 bits per heavy atom. The topological polar surface area (TPSA) is 38.7 Å². The molecule has 1 saturated heterocycles. The molecule has 0 unspecified atom stereocenters. The summed E-state index contributed by atoms with van der Waals surface area (Å²) in [6, 6.07) is 5.85. The van der Waals surface area contributed by atoms with Crippen molar-refractivity contribution in [2.45, 2.75) is 25.9 Å². The molecule has 1 aliphatic rings. The number of benzene rings is 1. The average Bonchev–Trinajstić information content (AvgIpc) is 2.40.